The van der Waals surface area contributed by atoms with Gasteiger partial charge in [-0.05, 0) is 39.0 Å². The third kappa shape index (κ3) is 5.96. The van der Waals surface area contributed by atoms with E-state index >= 15 is 0 Å². The Morgan fingerprint density at radius 2 is 1.90 bits per heavy atom. The molecule has 10 heavy (non-hydrogen) atoms. The molecule has 0 bridgehead atoms. The molecular formula is C9H16S. The van der Waals surface area contributed by atoms with Crippen LogP contribution in [0.15, 0.2) is 22.6 Å². The Morgan fingerprint density at radius 1 is 1.30 bits per heavy atom. The van der Waals surface area contributed by atoms with Gasteiger partial charge in [-0.25, -0.2) is 0 Å². The van der Waals surface area contributed by atoms with Gasteiger partial charge in [-0.3, -0.25) is 0 Å². The van der Waals surface area contributed by atoms with Crippen molar-refractivity contribution in [3.63, 3.8) is 0 Å². The van der Waals surface area contributed by atoms with E-state index in [-0.39, 0.29) is 0 Å². The summed E-state index contributed by atoms with van der Waals surface area (Å²) >= 11 is 4.06. The molecule has 0 saturated heterocycles. The van der Waals surface area contributed by atoms with Crippen LogP contribution in [0, 0.1) is 0 Å². The van der Waals surface area contributed by atoms with E-state index in [9.17, 15) is 0 Å². The van der Waals surface area contributed by atoms with Crippen LogP contribution >= 0.6 is 12.6 Å². The number of thiol groups is 1. The Morgan fingerprint density at radius 3 is 2.30 bits per heavy atom. The molecule has 0 rings (SSSR count). The molecule has 0 aromatic rings. The van der Waals surface area contributed by atoms with Gasteiger partial charge in [0.05, 0.1) is 0 Å². The fourth-order valence-corrected chi connectivity index (χ4v) is 0.782. The summed E-state index contributed by atoms with van der Waals surface area (Å²) in [6.45, 7) is 6.35. The van der Waals surface area contributed by atoms with Crippen LogP contribution in [0.5, 0.6) is 0 Å². The molecule has 1 heteroatoms. The normalized spacial score (nSPS) is 11.4. The van der Waals surface area contributed by atoms with Crippen molar-refractivity contribution in [1.82, 2.24) is 0 Å². The van der Waals surface area contributed by atoms with Crippen LogP contribution < -0.4 is 0 Å². The van der Waals surface area contributed by atoms with Crippen molar-refractivity contribution in [2.75, 3.05) is 0 Å². The Labute approximate surface area is 69.4 Å². The second-order valence-electron chi connectivity index (χ2n) is 2.80. The lowest BCUT2D eigenvalue weighted by Gasteiger charge is -1.94. The molecular weight excluding hydrogens is 140 g/mol. The Balaban J connectivity index is 3.47. The molecule has 0 aliphatic rings. The highest BCUT2D eigenvalue weighted by molar-refractivity contribution is 7.83. The molecule has 0 N–H and O–H groups in total. The van der Waals surface area contributed by atoms with Gasteiger partial charge in [0, 0.05) is 0 Å². The van der Waals surface area contributed by atoms with E-state index in [1.165, 1.54) is 11.1 Å². The van der Waals surface area contributed by atoms with E-state index in [0.717, 1.165) is 12.8 Å². The summed E-state index contributed by atoms with van der Waals surface area (Å²) in [5.41, 5.74) is 2.74. The number of rotatable bonds is 3. The van der Waals surface area contributed by atoms with Gasteiger partial charge in [-0.2, -0.15) is 12.6 Å². The molecule has 0 aliphatic heterocycles. The predicted molar refractivity (Wildman–Crippen MR) is 51.4 cm³/mol. The molecule has 0 aromatic carbocycles. The van der Waals surface area contributed by atoms with Crippen LogP contribution in [0.2, 0.25) is 0 Å². The third-order valence-corrected chi connectivity index (χ3v) is 1.75. The van der Waals surface area contributed by atoms with E-state index in [1.807, 2.05) is 5.41 Å². The van der Waals surface area contributed by atoms with Crippen LogP contribution in [0.4, 0.5) is 0 Å². The van der Waals surface area contributed by atoms with Crippen molar-refractivity contribution in [2.24, 2.45) is 0 Å². The average Bonchev–Trinajstić information content (AvgIpc) is 1.87. The lowest BCUT2D eigenvalue weighted by molar-refractivity contribution is 0.971. The summed E-state index contributed by atoms with van der Waals surface area (Å²) in [5.74, 6) is 0. The molecule has 58 valence electrons. The van der Waals surface area contributed by atoms with Crippen molar-refractivity contribution in [2.45, 2.75) is 33.6 Å². The molecule has 0 aliphatic carbocycles. The zero-order valence-corrected chi connectivity index (χ0v) is 7.91. The minimum Gasteiger partial charge on any atom is -0.151 e. The molecule has 0 amide bonds. The first kappa shape index (κ1) is 9.83. The zero-order valence-electron chi connectivity index (χ0n) is 7.02. The van der Waals surface area contributed by atoms with Gasteiger partial charge in [0.25, 0.3) is 0 Å². The van der Waals surface area contributed by atoms with Gasteiger partial charge in [0.2, 0.25) is 0 Å². The highest BCUT2D eigenvalue weighted by Gasteiger charge is 1.85. The fourth-order valence-electron chi connectivity index (χ4n) is 0.653. The maximum atomic E-state index is 4.06. The van der Waals surface area contributed by atoms with Gasteiger partial charge in [-0.1, -0.05) is 17.2 Å². The summed E-state index contributed by atoms with van der Waals surface area (Å²) in [6, 6.07) is 0. The van der Waals surface area contributed by atoms with Crippen LogP contribution in [0.3, 0.4) is 0 Å². The third-order valence-electron chi connectivity index (χ3n) is 1.31. The molecule has 0 aromatic heterocycles. The van der Waals surface area contributed by atoms with Gasteiger partial charge < -0.3 is 0 Å². The Bertz CT molecular complexity index is 139. The molecule has 0 saturated carbocycles. The molecule has 0 heterocycles. The largest absolute Gasteiger partial charge is 0.151 e. The summed E-state index contributed by atoms with van der Waals surface area (Å²) in [4.78, 5) is 0. The molecule has 0 fully saturated rings. The second kappa shape index (κ2) is 5.60. The first-order valence-corrected chi connectivity index (χ1v) is 4.11. The highest BCUT2D eigenvalue weighted by atomic mass is 32.1. The summed E-state index contributed by atoms with van der Waals surface area (Å²) in [6.07, 6.45) is 4.53. The SMILES string of the molecule is CC(C)=CCC/C(C)=C\S. The van der Waals surface area contributed by atoms with Crippen molar-refractivity contribution in [3.05, 3.63) is 22.6 Å². The first-order valence-electron chi connectivity index (χ1n) is 3.60. The fraction of sp³-hybridized carbons (Fsp3) is 0.556. The Kier molecular flexibility index (Phi) is 5.51. The summed E-state index contributed by atoms with van der Waals surface area (Å²) < 4.78 is 0. The van der Waals surface area contributed by atoms with E-state index in [1.54, 1.807) is 0 Å². The monoisotopic (exact) mass is 156 g/mol. The van der Waals surface area contributed by atoms with Crippen molar-refractivity contribution < 1.29 is 0 Å². The quantitative estimate of drug-likeness (QED) is 0.469. The predicted octanol–water partition coefficient (Wildman–Crippen LogP) is 3.57. The van der Waals surface area contributed by atoms with Gasteiger partial charge in [0.1, 0.15) is 0 Å². The van der Waals surface area contributed by atoms with Crippen molar-refractivity contribution >= 4 is 12.6 Å². The molecule has 0 atom stereocenters. The minimum absolute atomic E-state index is 1.13. The van der Waals surface area contributed by atoms with Crippen LogP contribution in [0.25, 0.3) is 0 Å². The number of hydrogen-bond acceptors (Lipinski definition) is 1. The van der Waals surface area contributed by atoms with E-state index in [2.05, 4.69) is 39.5 Å². The second-order valence-corrected chi connectivity index (χ2v) is 3.05. The van der Waals surface area contributed by atoms with Gasteiger partial charge in [-0.15, -0.1) is 0 Å². The van der Waals surface area contributed by atoms with Gasteiger partial charge in [0.15, 0.2) is 0 Å². The smallest absolute Gasteiger partial charge is 0.0280 e. The summed E-state index contributed by atoms with van der Waals surface area (Å²) in [7, 11) is 0. The number of hydrogen-bond donors (Lipinski definition) is 1. The molecule has 0 unspecified atom stereocenters. The van der Waals surface area contributed by atoms with E-state index in [0.29, 0.717) is 0 Å². The maximum Gasteiger partial charge on any atom is -0.0280 e. The molecule has 0 radical (unpaired) electrons. The van der Waals surface area contributed by atoms with E-state index in [4.69, 9.17) is 0 Å². The lowest BCUT2D eigenvalue weighted by Crippen LogP contribution is -1.74. The zero-order chi connectivity index (χ0) is 7.98. The maximum absolute atomic E-state index is 4.06. The average molecular weight is 156 g/mol. The molecule has 0 spiro atoms. The minimum atomic E-state index is 1.13. The van der Waals surface area contributed by atoms with Crippen LogP contribution in [-0.4, -0.2) is 0 Å². The van der Waals surface area contributed by atoms with Crippen molar-refractivity contribution in [1.29, 1.82) is 0 Å². The Hall–Kier alpha value is -0.170. The highest BCUT2D eigenvalue weighted by Crippen LogP contribution is 2.06. The topological polar surface area (TPSA) is 0 Å². The first-order chi connectivity index (χ1) is 4.66. The van der Waals surface area contributed by atoms with Crippen LogP contribution in [-0.2, 0) is 0 Å². The molecule has 0 nitrogen and oxygen atoms in total. The van der Waals surface area contributed by atoms with Crippen LogP contribution in [0.1, 0.15) is 33.6 Å². The number of allylic oxidation sites excluding steroid dienone is 3. The lowest BCUT2D eigenvalue weighted by atomic mass is 10.1. The standard InChI is InChI=1S/C9H16S/c1-8(2)5-4-6-9(3)7-10/h5,7,10H,4,6H2,1-3H3/b9-7-. The van der Waals surface area contributed by atoms with Crippen molar-refractivity contribution in [3.8, 4) is 0 Å². The summed E-state index contributed by atoms with van der Waals surface area (Å²) in [5, 5.41) is 1.87. The van der Waals surface area contributed by atoms with E-state index < -0.39 is 0 Å². The van der Waals surface area contributed by atoms with Gasteiger partial charge >= 0.3 is 0 Å².